The Balaban J connectivity index is 1.86. The van der Waals surface area contributed by atoms with E-state index in [0.29, 0.717) is 15.7 Å². The predicted octanol–water partition coefficient (Wildman–Crippen LogP) is 2.63. The normalized spacial score (nSPS) is 11.2. The monoisotopic (exact) mass is 407 g/mol. The third-order valence-electron chi connectivity index (χ3n) is 3.34. The molecule has 0 saturated heterocycles. The van der Waals surface area contributed by atoms with Crippen molar-refractivity contribution < 1.29 is 17.6 Å². The molecule has 11 heteroatoms. The number of nitrogens with zero attached hydrogens (tertiary/aromatic N) is 2. The molecule has 0 fully saturated rings. The van der Waals surface area contributed by atoms with Crippen LogP contribution in [0.2, 0.25) is 0 Å². The lowest BCUT2D eigenvalue weighted by Crippen LogP contribution is -2.15. The summed E-state index contributed by atoms with van der Waals surface area (Å²) in [6.07, 6.45) is 0.986. The van der Waals surface area contributed by atoms with Gasteiger partial charge in [0.05, 0.1) is 16.1 Å². The van der Waals surface area contributed by atoms with Gasteiger partial charge >= 0.3 is 0 Å². The third kappa shape index (κ3) is 4.64. The fourth-order valence-electron chi connectivity index (χ4n) is 2.17. The first kappa shape index (κ1) is 18.9. The Morgan fingerprint density at radius 2 is 2.04 bits per heavy atom. The second-order valence-corrected chi connectivity index (χ2v) is 8.19. The molecule has 0 atom stereocenters. The molecule has 27 heavy (non-hydrogen) atoms. The van der Waals surface area contributed by atoms with E-state index in [0.717, 1.165) is 6.20 Å². The third-order valence-corrected chi connectivity index (χ3v) is 5.14. The second kappa shape index (κ2) is 7.39. The highest BCUT2D eigenvalue weighted by molar-refractivity contribution is 7.89. The number of anilines is 3. The van der Waals surface area contributed by atoms with Gasteiger partial charge in [0.2, 0.25) is 10.0 Å². The molecule has 0 spiro atoms. The summed E-state index contributed by atoms with van der Waals surface area (Å²) in [5.41, 5.74) is 0.531. The maximum absolute atomic E-state index is 12.9. The van der Waals surface area contributed by atoms with E-state index >= 15 is 0 Å². The SMILES string of the molecule is Cc1nc(C(=O)Nc2ccc(F)cn2)c(Nc2cccc(S(N)(=O)=O)c2)s1. The van der Waals surface area contributed by atoms with Gasteiger partial charge < -0.3 is 10.6 Å². The lowest BCUT2D eigenvalue weighted by molar-refractivity contribution is 0.102. The Labute approximate surface area is 158 Å². The van der Waals surface area contributed by atoms with E-state index < -0.39 is 21.7 Å². The first-order valence-corrected chi connectivity index (χ1v) is 9.89. The van der Waals surface area contributed by atoms with Crippen molar-refractivity contribution in [3.63, 3.8) is 0 Å². The largest absolute Gasteiger partial charge is 0.345 e. The summed E-state index contributed by atoms with van der Waals surface area (Å²) in [6.45, 7) is 1.73. The quantitative estimate of drug-likeness (QED) is 0.597. The molecular formula is C16H14FN5O3S2. The predicted molar refractivity (Wildman–Crippen MR) is 100 cm³/mol. The molecule has 0 radical (unpaired) electrons. The Morgan fingerprint density at radius 1 is 1.26 bits per heavy atom. The van der Waals surface area contributed by atoms with E-state index in [1.807, 2.05) is 0 Å². The molecule has 2 aromatic heterocycles. The molecule has 8 nitrogen and oxygen atoms in total. The van der Waals surface area contributed by atoms with Crippen LogP contribution in [0.1, 0.15) is 15.5 Å². The number of sulfonamides is 1. The molecule has 2 heterocycles. The number of nitrogens with one attached hydrogen (secondary N) is 2. The number of amides is 1. The number of aryl methyl sites for hydroxylation is 1. The van der Waals surface area contributed by atoms with Gasteiger partial charge in [0.25, 0.3) is 5.91 Å². The Kier molecular flexibility index (Phi) is 5.17. The maximum Gasteiger partial charge on any atom is 0.278 e. The first-order valence-electron chi connectivity index (χ1n) is 7.52. The van der Waals surface area contributed by atoms with Crippen molar-refractivity contribution >= 4 is 43.8 Å². The molecular weight excluding hydrogens is 393 g/mol. The van der Waals surface area contributed by atoms with Crippen LogP contribution in [0.5, 0.6) is 0 Å². The van der Waals surface area contributed by atoms with Crippen molar-refractivity contribution in [2.75, 3.05) is 10.6 Å². The summed E-state index contributed by atoms with van der Waals surface area (Å²) in [5, 5.41) is 11.7. The molecule has 1 aromatic carbocycles. The highest BCUT2D eigenvalue weighted by Gasteiger charge is 2.18. The van der Waals surface area contributed by atoms with Gasteiger partial charge in [0.15, 0.2) is 5.69 Å². The van der Waals surface area contributed by atoms with Crippen LogP contribution in [-0.2, 0) is 10.0 Å². The number of thiazole rings is 1. The number of carbonyl (C=O) groups excluding carboxylic acids is 1. The van der Waals surface area contributed by atoms with Crippen LogP contribution in [0, 0.1) is 12.7 Å². The Morgan fingerprint density at radius 3 is 2.70 bits per heavy atom. The summed E-state index contributed by atoms with van der Waals surface area (Å²) in [7, 11) is -3.85. The van der Waals surface area contributed by atoms with Gasteiger partial charge in [0.1, 0.15) is 16.6 Å². The van der Waals surface area contributed by atoms with Crippen molar-refractivity contribution in [1.29, 1.82) is 0 Å². The molecule has 0 aliphatic carbocycles. The molecule has 0 aliphatic heterocycles. The fourth-order valence-corrected chi connectivity index (χ4v) is 3.57. The molecule has 0 unspecified atom stereocenters. The molecule has 0 aliphatic rings. The number of carbonyl (C=O) groups is 1. The lowest BCUT2D eigenvalue weighted by atomic mass is 10.3. The van der Waals surface area contributed by atoms with E-state index in [4.69, 9.17) is 5.14 Å². The number of nitrogens with two attached hydrogens (primary N) is 1. The highest BCUT2D eigenvalue weighted by atomic mass is 32.2. The molecule has 0 bridgehead atoms. The van der Waals surface area contributed by atoms with Crippen LogP contribution in [0.4, 0.5) is 20.9 Å². The van der Waals surface area contributed by atoms with Crippen LogP contribution in [-0.4, -0.2) is 24.3 Å². The van der Waals surface area contributed by atoms with E-state index in [1.165, 1.54) is 41.7 Å². The summed E-state index contributed by atoms with van der Waals surface area (Å²) >= 11 is 1.22. The molecule has 140 valence electrons. The highest BCUT2D eigenvalue weighted by Crippen LogP contribution is 2.29. The number of rotatable bonds is 5. The van der Waals surface area contributed by atoms with E-state index in [-0.39, 0.29) is 16.4 Å². The topological polar surface area (TPSA) is 127 Å². The minimum absolute atomic E-state index is 0.0600. The molecule has 4 N–H and O–H groups in total. The number of primary sulfonamides is 1. The van der Waals surface area contributed by atoms with E-state index in [2.05, 4.69) is 20.6 Å². The summed E-state index contributed by atoms with van der Waals surface area (Å²) in [4.78, 5) is 20.4. The smallest absolute Gasteiger partial charge is 0.278 e. The number of pyridine rings is 1. The zero-order chi connectivity index (χ0) is 19.6. The number of hydrogen-bond donors (Lipinski definition) is 3. The van der Waals surface area contributed by atoms with E-state index in [9.17, 15) is 17.6 Å². The van der Waals surface area contributed by atoms with Crippen LogP contribution in [0.25, 0.3) is 0 Å². The summed E-state index contributed by atoms with van der Waals surface area (Å²) in [6, 6.07) is 8.38. The lowest BCUT2D eigenvalue weighted by Gasteiger charge is -2.08. The summed E-state index contributed by atoms with van der Waals surface area (Å²) < 4.78 is 35.9. The van der Waals surface area contributed by atoms with Crippen molar-refractivity contribution in [3.05, 3.63) is 59.1 Å². The zero-order valence-electron chi connectivity index (χ0n) is 13.9. The number of aromatic nitrogens is 2. The first-order chi connectivity index (χ1) is 12.7. The Hall–Kier alpha value is -2.89. The van der Waals surface area contributed by atoms with Gasteiger partial charge in [-0.25, -0.2) is 27.9 Å². The number of benzene rings is 1. The maximum atomic E-state index is 12.9. The van der Waals surface area contributed by atoms with E-state index in [1.54, 1.807) is 13.0 Å². The van der Waals surface area contributed by atoms with Crippen molar-refractivity contribution in [1.82, 2.24) is 9.97 Å². The van der Waals surface area contributed by atoms with Gasteiger partial charge in [-0.2, -0.15) is 0 Å². The fraction of sp³-hybridized carbons (Fsp3) is 0.0625. The molecule has 3 rings (SSSR count). The number of hydrogen-bond acceptors (Lipinski definition) is 7. The molecule has 1 amide bonds. The molecule has 3 aromatic rings. The van der Waals surface area contributed by atoms with Gasteiger partial charge in [-0.3, -0.25) is 4.79 Å². The van der Waals surface area contributed by atoms with Crippen molar-refractivity contribution in [3.8, 4) is 0 Å². The van der Waals surface area contributed by atoms with Gasteiger partial charge in [-0.05, 0) is 37.3 Å². The standard InChI is InChI=1S/C16H14FN5O3S2/c1-9-20-14(15(23)22-13-6-5-10(17)8-19-13)16(26-9)21-11-3-2-4-12(7-11)27(18,24)25/h2-8,21H,1H3,(H2,18,24,25)(H,19,22,23). The summed E-state index contributed by atoms with van der Waals surface area (Å²) in [5.74, 6) is -0.882. The minimum atomic E-state index is -3.85. The minimum Gasteiger partial charge on any atom is -0.345 e. The Bertz CT molecular complexity index is 1100. The van der Waals surface area contributed by atoms with Crippen LogP contribution < -0.4 is 15.8 Å². The van der Waals surface area contributed by atoms with Gasteiger partial charge in [-0.15, -0.1) is 11.3 Å². The number of halogens is 1. The van der Waals surface area contributed by atoms with Crippen LogP contribution in [0.3, 0.4) is 0 Å². The zero-order valence-corrected chi connectivity index (χ0v) is 15.6. The van der Waals surface area contributed by atoms with Gasteiger partial charge in [0, 0.05) is 5.69 Å². The average molecular weight is 407 g/mol. The van der Waals surface area contributed by atoms with Crippen LogP contribution in [0.15, 0.2) is 47.5 Å². The second-order valence-electron chi connectivity index (χ2n) is 5.42. The van der Waals surface area contributed by atoms with Gasteiger partial charge in [-0.1, -0.05) is 6.07 Å². The van der Waals surface area contributed by atoms with Crippen LogP contribution >= 0.6 is 11.3 Å². The molecule has 0 saturated carbocycles. The average Bonchev–Trinajstić information content (AvgIpc) is 2.97. The van der Waals surface area contributed by atoms with Crippen molar-refractivity contribution in [2.45, 2.75) is 11.8 Å². The van der Waals surface area contributed by atoms with Crippen molar-refractivity contribution in [2.24, 2.45) is 5.14 Å².